The van der Waals surface area contributed by atoms with E-state index in [1.807, 2.05) is 0 Å². The molecule has 2 heterocycles. The smallest absolute Gasteiger partial charge is 0.248 e. The number of ether oxygens (including phenoxy) is 1. The molecule has 2 rings (SSSR count). The van der Waals surface area contributed by atoms with Gasteiger partial charge in [0.1, 0.15) is 0 Å². The van der Waals surface area contributed by atoms with E-state index in [0.29, 0.717) is 24.5 Å². The summed E-state index contributed by atoms with van der Waals surface area (Å²) >= 11 is 0. The lowest BCUT2D eigenvalue weighted by Gasteiger charge is -2.10. The third-order valence-corrected chi connectivity index (χ3v) is 1.83. The SMILES string of the molecule is O=C1CCC2(CO2)N1O. The van der Waals surface area contributed by atoms with Crippen LogP contribution in [0, 0.1) is 0 Å². The Hall–Kier alpha value is -0.610. The molecular formula is C5H7NO3. The molecule has 0 radical (unpaired) electrons. The number of epoxide rings is 1. The maximum Gasteiger partial charge on any atom is 0.248 e. The van der Waals surface area contributed by atoms with Gasteiger partial charge >= 0.3 is 0 Å². The van der Waals surface area contributed by atoms with Crippen molar-refractivity contribution in [1.29, 1.82) is 0 Å². The highest BCUT2D eigenvalue weighted by Crippen LogP contribution is 2.40. The number of carbonyl (C=O) groups excluding carboxylic acids is 1. The summed E-state index contributed by atoms with van der Waals surface area (Å²) in [6.07, 6.45) is 1.05. The largest absolute Gasteiger partial charge is 0.346 e. The van der Waals surface area contributed by atoms with Crippen molar-refractivity contribution in [1.82, 2.24) is 5.06 Å². The lowest BCUT2D eigenvalue weighted by Crippen LogP contribution is -2.32. The first-order valence-electron chi connectivity index (χ1n) is 2.90. The van der Waals surface area contributed by atoms with Gasteiger partial charge in [-0.05, 0) is 0 Å². The van der Waals surface area contributed by atoms with Gasteiger partial charge in [0.05, 0.1) is 6.61 Å². The van der Waals surface area contributed by atoms with Gasteiger partial charge in [0, 0.05) is 12.8 Å². The summed E-state index contributed by atoms with van der Waals surface area (Å²) in [7, 11) is 0. The van der Waals surface area contributed by atoms with E-state index in [-0.39, 0.29) is 5.91 Å². The van der Waals surface area contributed by atoms with Crippen molar-refractivity contribution in [2.45, 2.75) is 18.6 Å². The van der Waals surface area contributed by atoms with Crippen molar-refractivity contribution < 1.29 is 14.7 Å². The topological polar surface area (TPSA) is 53.1 Å². The van der Waals surface area contributed by atoms with Crippen LogP contribution in [-0.2, 0) is 9.53 Å². The summed E-state index contributed by atoms with van der Waals surface area (Å²) in [5, 5.41) is 9.66. The first-order valence-corrected chi connectivity index (χ1v) is 2.90. The quantitative estimate of drug-likeness (QED) is 0.361. The number of amides is 1. The second kappa shape index (κ2) is 1.27. The van der Waals surface area contributed by atoms with Gasteiger partial charge in [-0.2, -0.15) is 5.06 Å². The normalized spacial score (nSPS) is 40.6. The highest BCUT2D eigenvalue weighted by molar-refractivity contribution is 5.78. The highest BCUT2D eigenvalue weighted by Gasteiger charge is 2.56. The Balaban J connectivity index is 2.22. The maximum atomic E-state index is 10.6. The van der Waals surface area contributed by atoms with E-state index in [2.05, 4.69) is 0 Å². The Morgan fingerprint density at radius 1 is 1.78 bits per heavy atom. The molecule has 1 amide bonds. The zero-order valence-corrected chi connectivity index (χ0v) is 4.83. The van der Waals surface area contributed by atoms with E-state index in [1.54, 1.807) is 0 Å². The summed E-state index contributed by atoms with van der Waals surface area (Å²) in [6, 6.07) is 0. The van der Waals surface area contributed by atoms with Crippen molar-refractivity contribution in [3.8, 4) is 0 Å². The van der Waals surface area contributed by atoms with Crippen LogP contribution < -0.4 is 0 Å². The predicted octanol–water partition coefficient (Wildman–Crippen LogP) is -0.276. The van der Waals surface area contributed by atoms with E-state index in [0.717, 1.165) is 0 Å². The molecule has 0 saturated carbocycles. The van der Waals surface area contributed by atoms with E-state index in [4.69, 9.17) is 9.94 Å². The molecule has 0 aliphatic carbocycles. The Morgan fingerprint density at radius 2 is 2.44 bits per heavy atom. The van der Waals surface area contributed by atoms with Gasteiger partial charge in [-0.1, -0.05) is 0 Å². The lowest BCUT2D eigenvalue weighted by molar-refractivity contribution is -0.178. The van der Waals surface area contributed by atoms with Gasteiger partial charge in [0.2, 0.25) is 5.91 Å². The predicted molar refractivity (Wildman–Crippen MR) is 26.5 cm³/mol. The lowest BCUT2D eigenvalue weighted by atomic mass is 10.2. The minimum atomic E-state index is -0.586. The molecule has 1 N–H and O–H groups in total. The highest BCUT2D eigenvalue weighted by atomic mass is 16.7. The minimum absolute atomic E-state index is 0.229. The standard InChI is InChI=1S/C5H7NO3/c7-4-1-2-5(3-9-5)6(4)8/h8H,1-3H2. The molecule has 2 fully saturated rings. The average molecular weight is 129 g/mol. The van der Waals surface area contributed by atoms with Crippen LogP contribution in [0.1, 0.15) is 12.8 Å². The molecule has 0 aromatic heterocycles. The average Bonchev–Trinajstić information content (AvgIpc) is 2.57. The molecular weight excluding hydrogens is 122 g/mol. The molecule has 9 heavy (non-hydrogen) atoms. The van der Waals surface area contributed by atoms with Gasteiger partial charge in [0.25, 0.3) is 0 Å². The number of hydrogen-bond donors (Lipinski definition) is 1. The van der Waals surface area contributed by atoms with Gasteiger partial charge < -0.3 is 4.74 Å². The van der Waals surface area contributed by atoms with Gasteiger partial charge in [-0.25, -0.2) is 0 Å². The Bertz CT molecular complexity index is 164. The van der Waals surface area contributed by atoms with Gasteiger partial charge in [-0.3, -0.25) is 10.0 Å². The van der Waals surface area contributed by atoms with Crippen LogP contribution in [-0.4, -0.2) is 28.5 Å². The fraction of sp³-hybridized carbons (Fsp3) is 0.800. The fourth-order valence-corrected chi connectivity index (χ4v) is 1.09. The maximum absolute atomic E-state index is 10.6. The van der Waals surface area contributed by atoms with Crippen LogP contribution in [0.25, 0.3) is 0 Å². The first kappa shape index (κ1) is 5.20. The number of hydrogen-bond acceptors (Lipinski definition) is 3. The number of hydroxylamine groups is 2. The summed E-state index contributed by atoms with van der Waals surface area (Å²) < 4.78 is 4.89. The van der Waals surface area contributed by atoms with Crippen LogP contribution >= 0.6 is 0 Å². The minimum Gasteiger partial charge on any atom is -0.346 e. The molecule has 1 atom stereocenters. The van der Waals surface area contributed by atoms with Crippen LogP contribution in [0.4, 0.5) is 0 Å². The monoisotopic (exact) mass is 129 g/mol. The van der Waals surface area contributed by atoms with E-state index < -0.39 is 5.72 Å². The van der Waals surface area contributed by atoms with E-state index in [9.17, 15) is 4.79 Å². The molecule has 2 aliphatic heterocycles. The third-order valence-electron chi connectivity index (χ3n) is 1.83. The van der Waals surface area contributed by atoms with Crippen molar-refractivity contribution in [2.75, 3.05) is 6.61 Å². The Kier molecular flexibility index (Phi) is 0.736. The van der Waals surface area contributed by atoms with E-state index >= 15 is 0 Å². The zero-order valence-electron chi connectivity index (χ0n) is 4.83. The summed E-state index contributed by atoms with van der Waals surface area (Å²) in [5.74, 6) is -0.229. The molecule has 50 valence electrons. The van der Waals surface area contributed by atoms with E-state index in [1.165, 1.54) is 0 Å². The number of carbonyl (C=O) groups is 1. The summed E-state index contributed by atoms with van der Waals surface area (Å²) in [6.45, 7) is 0.495. The van der Waals surface area contributed by atoms with Crippen LogP contribution in [0.15, 0.2) is 0 Å². The van der Waals surface area contributed by atoms with Crippen molar-refractivity contribution in [2.24, 2.45) is 0 Å². The first-order chi connectivity index (χ1) is 4.25. The van der Waals surface area contributed by atoms with Gasteiger partial charge in [-0.15, -0.1) is 0 Å². The molecule has 0 bridgehead atoms. The second-order valence-corrected chi connectivity index (χ2v) is 2.44. The van der Waals surface area contributed by atoms with Crippen LogP contribution in [0.2, 0.25) is 0 Å². The Morgan fingerprint density at radius 3 is 2.67 bits per heavy atom. The number of nitrogens with zero attached hydrogens (tertiary/aromatic N) is 1. The third kappa shape index (κ3) is 0.516. The van der Waals surface area contributed by atoms with Crippen molar-refractivity contribution in [3.05, 3.63) is 0 Å². The molecule has 0 aromatic carbocycles. The summed E-state index contributed by atoms with van der Waals surface area (Å²) in [4.78, 5) is 10.6. The van der Waals surface area contributed by atoms with Crippen LogP contribution in [0.5, 0.6) is 0 Å². The molecule has 1 spiro atoms. The Labute approximate surface area is 52.0 Å². The number of rotatable bonds is 0. The summed E-state index contributed by atoms with van der Waals surface area (Å²) in [5.41, 5.74) is -0.586. The van der Waals surface area contributed by atoms with Crippen molar-refractivity contribution in [3.63, 3.8) is 0 Å². The zero-order chi connectivity index (χ0) is 6.48. The van der Waals surface area contributed by atoms with Gasteiger partial charge in [0.15, 0.2) is 5.72 Å². The van der Waals surface area contributed by atoms with Crippen molar-refractivity contribution >= 4 is 5.91 Å². The molecule has 0 aromatic rings. The molecule has 1 unspecified atom stereocenters. The molecule has 2 aliphatic rings. The second-order valence-electron chi connectivity index (χ2n) is 2.44. The van der Waals surface area contributed by atoms with Crippen LogP contribution in [0.3, 0.4) is 0 Å². The fourth-order valence-electron chi connectivity index (χ4n) is 1.09. The molecule has 4 nitrogen and oxygen atoms in total. The molecule has 4 heteroatoms. The molecule has 2 saturated heterocycles.